The highest BCUT2D eigenvalue weighted by molar-refractivity contribution is 5.88. The number of hydrogen-bond acceptors (Lipinski definition) is 3. The second-order valence-electron chi connectivity index (χ2n) is 3.73. The Morgan fingerprint density at radius 1 is 1.43 bits per heavy atom. The lowest BCUT2D eigenvalue weighted by Crippen LogP contribution is -2.54. The molecule has 4 N–H and O–H groups in total. The molecule has 1 heterocycles. The van der Waals surface area contributed by atoms with E-state index < -0.39 is 18.0 Å². The van der Waals surface area contributed by atoms with Crippen molar-refractivity contribution in [3.63, 3.8) is 0 Å². The van der Waals surface area contributed by atoms with Crippen LogP contribution in [-0.4, -0.2) is 35.3 Å². The summed E-state index contributed by atoms with van der Waals surface area (Å²) in [5.41, 5.74) is 10.7. The van der Waals surface area contributed by atoms with Crippen LogP contribution in [0, 0.1) is 0 Å². The van der Waals surface area contributed by atoms with E-state index in [4.69, 9.17) is 11.5 Å². The minimum absolute atomic E-state index is 0.187. The van der Waals surface area contributed by atoms with Gasteiger partial charge in [0.1, 0.15) is 6.04 Å². The van der Waals surface area contributed by atoms with Crippen molar-refractivity contribution >= 4 is 11.8 Å². The van der Waals surface area contributed by atoms with Crippen LogP contribution in [0.2, 0.25) is 0 Å². The number of hydrogen-bond donors (Lipinski definition) is 2. The molecule has 0 saturated carbocycles. The maximum Gasteiger partial charge on any atom is 0.240 e. The Morgan fingerprint density at radius 3 is 2.57 bits per heavy atom. The Morgan fingerprint density at radius 2 is 2.07 bits per heavy atom. The van der Waals surface area contributed by atoms with Gasteiger partial charge in [0, 0.05) is 6.54 Å². The molecule has 1 rings (SSSR count). The number of carbonyl (C=O) groups is 2. The molecular weight excluding hydrogens is 182 g/mol. The highest BCUT2D eigenvalue weighted by Gasteiger charge is 2.31. The molecule has 0 aromatic heterocycles. The molecule has 1 saturated heterocycles. The largest absolute Gasteiger partial charge is 0.368 e. The maximum atomic E-state index is 11.6. The Bertz CT molecular complexity index is 240. The number of nitrogens with zero attached hydrogens (tertiary/aromatic N) is 1. The molecule has 0 spiro atoms. The van der Waals surface area contributed by atoms with Gasteiger partial charge in [-0.3, -0.25) is 9.59 Å². The maximum absolute atomic E-state index is 11.6. The van der Waals surface area contributed by atoms with E-state index in [-0.39, 0.29) is 5.91 Å². The first-order valence-electron chi connectivity index (χ1n) is 4.89. The Balaban J connectivity index is 2.72. The lowest BCUT2D eigenvalue weighted by Gasteiger charge is -2.34. The molecule has 2 atom stereocenters. The lowest BCUT2D eigenvalue weighted by atomic mass is 10.0. The fraction of sp³-hybridized carbons (Fsp3) is 0.778. The van der Waals surface area contributed by atoms with Gasteiger partial charge in [0.15, 0.2) is 0 Å². The zero-order valence-electron chi connectivity index (χ0n) is 8.40. The number of primary amides is 1. The number of piperidine rings is 1. The first-order chi connectivity index (χ1) is 6.54. The monoisotopic (exact) mass is 199 g/mol. The number of likely N-dealkylation sites (tertiary alicyclic amines) is 1. The van der Waals surface area contributed by atoms with E-state index in [1.165, 1.54) is 4.90 Å². The van der Waals surface area contributed by atoms with Gasteiger partial charge in [-0.1, -0.05) is 0 Å². The third-order valence-corrected chi connectivity index (χ3v) is 2.50. The van der Waals surface area contributed by atoms with E-state index in [2.05, 4.69) is 0 Å². The van der Waals surface area contributed by atoms with Crippen LogP contribution in [0.15, 0.2) is 0 Å². The summed E-state index contributed by atoms with van der Waals surface area (Å²) in [6.45, 7) is 2.21. The van der Waals surface area contributed by atoms with Crippen LogP contribution in [0.1, 0.15) is 26.2 Å². The van der Waals surface area contributed by atoms with Gasteiger partial charge in [0.2, 0.25) is 11.8 Å². The van der Waals surface area contributed by atoms with Gasteiger partial charge < -0.3 is 16.4 Å². The topological polar surface area (TPSA) is 89.4 Å². The van der Waals surface area contributed by atoms with E-state index in [0.717, 1.165) is 12.8 Å². The van der Waals surface area contributed by atoms with Crippen LogP contribution in [-0.2, 0) is 9.59 Å². The van der Waals surface area contributed by atoms with Crippen molar-refractivity contribution in [3.05, 3.63) is 0 Å². The minimum Gasteiger partial charge on any atom is -0.368 e. The molecule has 0 aromatic carbocycles. The van der Waals surface area contributed by atoms with Gasteiger partial charge in [0.05, 0.1) is 6.04 Å². The van der Waals surface area contributed by atoms with Gasteiger partial charge in [-0.2, -0.15) is 0 Å². The highest BCUT2D eigenvalue weighted by Crippen LogP contribution is 2.17. The van der Waals surface area contributed by atoms with Gasteiger partial charge in [-0.25, -0.2) is 0 Å². The smallest absolute Gasteiger partial charge is 0.240 e. The zero-order chi connectivity index (χ0) is 10.7. The van der Waals surface area contributed by atoms with Crippen LogP contribution < -0.4 is 11.5 Å². The van der Waals surface area contributed by atoms with Gasteiger partial charge >= 0.3 is 0 Å². The van der Waals surface area contributed by atoms with Crippen LogP contribution in [0.3, 0.4) is 0 Å². The van der Waals surface area contributed by atoms with E-state index in [1.54, 1.807) is 6.92 Å². The summed E-state index contributed by atoms with van der Waals surface area (Å²) in [6.07, 6.45) is 2.52. The molecule has 0 radical (unpaired) electrons. The van der Waals surface area contributed by atoms with Crippen molar-refractivity contribution in [3.8, 4) is 0 Å². The van der Waals surface area contributed by atoms with Crippen molar-refractivity contribution < 1.29 is 9.59 Å². The standard InChI is InChI=1S/C9H17N3O2/c1-6(10)9(14)12-5-3-2-4-7(12)8(11)13/h6-7H,2-5,10H2,1H3,(H2,11,13)/t6-,7?/m1/s1. The fourth-order valence-corrected chi connectivity index (χ4v) is 1.75. The fourth-order valence-electron chi connectivity index (χ4n) is 1.75. The Kier molecular flexibility index (Phi) is 3.46. The summed E-state index contributed by atoms with van der Waals surface area (Å²) in [6, 6.07) is -1.02. The molecule has 0 aliphatic carbocycles. The van der Waals surface area contributed by atoms with Crippen molar-refractivity contribution in [2.75, 3.05) is 6.54 Å². The number of rotatable bonds is 2. The van der Waals surface area contributed by atoms with Crippen molar-refractivity contribution in [2.45, 2.75) is 38.3 Å². The second kappa shape index (κ2) is 4.41. The SMILES string of the molecule is C[C@@H](N)C(=O)N1CCCCC1C(N)=O. The third kappa shape index (κ3) is 2.23. The number of nitrogens with two attached hydrogens (primary N) is 2. The minimum atomic E-state index is -0.560. The Labute approximate surface area is 83.4 Å². The highest BCUT2D eigenvalue weighted by atomic mass is 16.2. The summed E-state index contributed by atoms with van der Waals surface area (Å²) in [4.78, 5) is 24.2. The summed E-state index contributed by atoms with van der Waals surface area (Å²) in [5.74, 6) is -0.618. The molecule has 14 heavy (non-hydrogen) atoms. The second-order valence-corrected chi connectivity index (χ2v) is 3.73. The normalized spacial score (nSPS) is 24.4. The molecular formula is C9H17N3O2. The molecule has 1 unspecified atom stereocenters. The quantitative estimate of drug-likeness (QED) is 0.610. The Hall–Kier alpha value is -1.10. The van der Waals surface area contributed by atoms with Crippen molar-refractivity contribution in [2.24, 2.45) is 11.5 Å². The zero-order valence-corrected chi connectivity index (χ0v) is 8.40. The van der Waals surface area contributed by atoms with Gasteiger partial charge in [-0.05, 0) is 26.2 Å². The average molecular weight is 199 g/mol. The van der Waals surface area contributed by atoms with Crippen molar-refractivity contribution in [1.29, 1.82) is 0 Å². The predicted octanol–water partition coefficient (Wildman–Crippen LogP) is -0.800. The molecule has 1 fully saturated rings. The lowest BCUT2D eigenvalue weighted by molar-refractivity contribution is -0.141. The molecule has 2 amide bonds. The number of carbonyl (C=O) groups excluding carboxylic acids is 2. The summed E-state index contributed by atoms with van der Waals surface area (Å²) in [7, 11) is 0. The first kappa shape index (κ1) is 11.0. The van der Waals surface area contributed by atoms with Crippen LogP contribution in [0.25, 0.3) is 0 Å². The molecule has 1 aliphatic rings. The third-order valence-electron chi connectivity index (χ3n) is 2.50. The van der Waals surface area contributed by atoms with E-state index in [9.17, 15) is 9.59 Å². The summed E-state index contributed by atoms with van der Waals surface area (Å²) in [5, 5.41) is 0. The van der Waals surface area contributed by atoms with Crippen molar-refractivity contribution in [1.82, 2.24) is 4.90 Å². The summed E-state index contributed by atoms with van der Waals surface area (Å²) < 4.78 is 0. The molecule has 80 valence electrons. The van der Waals surface area contributed by atoms with E-state index in [1.807, 2.05) is 0 Å². The first-order valence-corrected chi connectivity index (χ1v) is 4.89. The molecule has 5 nitrogen and oxygen atoms in total. The van der Waals surface area contributed by atoms with Crippen LogP contribution in [0.4, 0.5) is 0 Å². The molecule has 0 aromatic rings. The average Bonchev–Trinajstić information content (AvgIpc) is 2.16. The van der Waals surface area contributed by atoms with Gasteiger partial charge in [-0.15, -0.1) is 0 Å². The number of amides is 2. The van der Waals surface area contributed by atoms with E-state index in [0.29, 0.717) is 13.0 Å². The van der Waals surface area contributed by atoms with Gasteiger partial charge in [0.25, 0.3) is 0 Å². The van der Waals surface area contributed by atoms with E-state index >= 15 is 0 Å². The molecule has 5 heteroatoms. The molecule has 1 aliphatic heterocycles. The summed E-state index contributed by atoms with van der Waals surface area (Å²) >= 11 is 0. The van der Waals surface area contributed by atoms with Crippen LogP contribution in [0.5, 0.6) is 0 Å². The predicted molar refractivity (Wildman–Crippen MR) is 52.2 cm³/mol. The molecule has 0 bridgehead atoms. The van der Waals surface area contributed by atoms with Crippen LogP contribution >= 0.6 is 0 Å².